The van der Waals surface area contributed by atoms with Crippen molar-refractivity contribution in [2.24, 2.45) is 23.2 Å². The molecule has 0 aromatic rings. The number of nitrogens with one attached hydrogen (secondary N) is 1. The Morgan fingerprint density at radius 2 is 1.71 bits per heavy atom. The van der Waals surface area contributed by atoms with Crippen molar-refractivity contribution < 1.29 is 19.4 Å². The van der Waals surface area contributed by atoms with Crippen molar-refractivity contribution in [1.29, 1.82) is 0 Å². The summed E-state index contributed by atoms with van der Waals surface area (Å²) in [5, 5.41) is 13.0. The lowest BCUT2D eigenvalue weighted by Crippen LogP contribution is -2.63. The van der Waals surface area contributed by atoms with Crippen molar-refractivity contribution in [2.45, 2.75) is 109 Å². The Labute approximate surface area is 169 Å². The van der Waals surface area contributed by atoms with Gasteiger partial charge in [-0.3, -0.25) is 0 Å². The minimum absolute atomic E-state index is 0.171. The highest BCUT2D eigenvalue weighted by Gasteiger charge is 2.57. The molecule has 5 aliphatic carbocycles. The molecular formula is C23H39NO4. The van der Waals surface area contributed by atoms with Crippen LogP contribution in [-0.4, -0.2) is 41.2 Å². The summed E-state index contributed by atoms with van der Waals surface area (Å²) in [5.74, 6) is 1.72. The van der Waals surface area contributed by atoms with Crippen molar-refractivity contribution in [3.8, 4) is 0 Å². The van der Waals surface area contributed by atoms with Gasteiger partial charge in [-0.25, -0.2) is 4.79 Å². The van der Waals surface area contributed by atoms with Crippen LogP contribution in [0.15, 0.2) is 0 Å². The van der Waals surface area contributed by atoms with Crippen LogP contribution in [0, 0.1) is 23.2 Å². The van der Waals surface area contributed by atoms with Gasteiger partial charge in [0.1, 0.15) is 5.60 Å². The van der Waals surface area contributed by atoms with E-state index in [-0.39, 0.29) is 5.60 Å². The topological polar surface area (TPSA) is 67.8 Å². The SMILES string of the molecule is CC1(C)CCC(OC(C)(C)CNC2C3CC4CC2CC(OC(=O)O)(C4)C3)CC1. The number of ether oxygens (including phenoxy) is 2. The van der Waals surface area contributed by atoms with E-state index >= 15 is 0 Å². The maximum atomic E-state index is 11.2. The zero-order valence-electron chi connectivity index (χ0n) is 18.1. The van der Waals surface area contributed by atoms with Crippen molar-refractivity contribution in [3.05, 3.63) is 0 Å². The zero-order chi connectivity index (χ0) is 20.2. The molecule has 5 rings (SSSR count). The van der Waals surface area contributed by atoms with E-state index in [1.807, 2.05) is 0 Å². The Balaban J connectivity index is 1.31. The van der Waals surface area contributed by atoms with Gasteiger partial charge in [0.2, 0.25) is 0 Å². The quantitative estimate of drug-likeness (QED) is 0.623. The maximum Gasteiger partial charge on any atom is 0.506 e. The van der Waals surface area contributed by atoms with Crippen LogP contribution in [0.2, 0.25) is 0 Å². The molecule has 4 bridgehead atoms. The number of carbonyl (C=O) groups is 1. The van der Waals surface area contributed by atoms with Gasteiger partial charge in [-0.2, -0.15) is 0 Å². The molecule has 2 unspecified atom stereocenters. The number of rotatable bonds is 6. The Morgan fingerprint density at radius 3 is 2.29 bits per heavy atom. The largest absolute Gasteiger partial charge is 0.506 e. The van der Waals surface area contributed by atoms with Gasteiger partial charge in [0.25, 0.3) is 0 Å². The highest BCUT2D eigenvalue weighted by Crippen LogP contribution is 2.57. The maximum absolute atomic E-state index is 11.2. The summed E-state index contributed by atoms with van der Waals surface area (Å²) >= 11 is 0. The summed E-state index contributed by atoms with van der Waals surface area (Å²) in [7, 11) is 0. The van der Waals surface area contributed by atoms with Gasteiger partial charge in [0.15, 0.2) is 0 Å². The van der Waals surface area contributed by atoms with Gasteiger partial charge in [-0.05, 0) is 94.8 Å². The van der Waals surface area contributed by atoms with Crippen LogP contribution in [-0.2, 0) is 9.47 Å². The first kappa shape index (κ1) is 20.5. The standard InChI is InChI=1S/C23H39NO4/c1-21(2)7-5-18(6-8-21)27-22(3,4)14-24-19-16-9-15-10-17(19)13-23(11-15,12-16)28-20(25)26/h15-19,24H,5-14H2,1-4H3,(H,25,26). The van der Waals surface area contributed by atoms with E-state index in [0.29, 0.717) is 35.3 Å². The Morgan fingerprint density at radius 1 is 1.11 bits per heavy atom. The molecule has 5 nitrogen and oxygen atoms in total. The van der Waals surface area contributed by atoms with E-state index in [1.54, 1.807) is 0 Å². The molecule has 2 atom stereocenters. The van der Waals surface area contributed by atoms with Crippen LogP contribution in [0.3, 0.4) is 0 Å². The first-order valence-corrected chi connectivity index (χ1v) is 11.4. The second-order valence-corrected chi connectivity index (χ2v) is 11.7. The molecule has 28 heavy (non-hydrogen) atoms. The predicted octanol–water partition coefficient (Wildman–Crippen LogP) is 4.98. The first-order chi connectivity index (χ1) is 13.0. The summed E-state index contributed by atoms with van der Waals surface area (Å²) in [6.07, 6.45) is 9.28. The van der Waals surface area contributed by atoms with E-state index in [1.165, 1.54) is 38.5 Å². The molecule has 0 aromatic heterocycles. The molecular weight excluding hydrogens is 354 g/mol. The summed E-state index contributed by atoms with van der Waals surface area (Å²) in [4.78, 5) is 11.2. The second kappa shape index (κ2) is 7.16. The van der Waals surface area contributed by atoms with Crippen LogP contribution in [0.1, 0.15) is 85.5 Å². The minimum atomic E-state index is -1.10. The lowest BCUT2D eigenvalue weighted by atomic mass is 9.52. The van der Waals surface area contributed by atoms with Gasteiger partial charge >= 0.3 is 6.16 Å². The molecule has 0 radical (unpaired) electrons. The van der Waals surface area contributed by atoms with Crippen molar-refractivity contribution >= 4 is 6.16 Å². The molecule has 5 aliphatic rings. The molecule has 0 aliphatic heterocycles. The summed E-state index contributed by atoms with van der Waals surface area (Å²) in [6.45, 7) is 10.0. The molecule has 5 heteroatoms. The van der Waals surface area contributed by atoms with Crippen LogP contribution in [0.5, 0.6) is 0 Å². The molecule has 5 fully saturated rings. The fourth-order valence-electron chi connectivity index (χ4n) is 6.94. The average Bonchev–Trinajstić information content (AvgIpc) is 2.54. The summed E-state index contributed by atoms with van der Waals surface area (Å²) < 4.78 is 11.9. The highest BCUT2D eigenvalue weighted by molar-refractivity contribution is 5.57. The Bertz CT molecular complexity index is 575. The second-order valence-electron chi connectivity index (χ2n) is 11.7. The Kier molecular flexibility index (Phi) is 5.23. The molecule has 0 saturated heterocycles. The third-order valence-corrected chi connectivity index (χ3v) is 8.06. The van der Waals surface area contributed by atoms with Gasteiger partial charge in [0.05, 0.1) is 11.7 Å². The zero-order valence-corrected chi connectivity index (χ0v) is 18.1. The number of hydrogen-bond acceptors (Lipinski definition) is 4. The van der Waals surface area contributed by atoms with Crippen LogP contribution < -0.4 is 5.32 Å². The van der Waals surface area contributed by atoms with Crippen LogP contribution in [0.4, 0.5) is 4.79 Å². The minimum Gasteiger partial charge on any atom is -0.450 e. The monoisotopic (exact) mass is 393 g/mol. The number of hydrogen-bond donors (Lipinski definition) is 2. The lowest BCUT2D eigenvalue weighted by molar-refractivity contribution is -0.153. The van der Waals surface area contributed by atoms with Crippen molar-refractivity contribution in [3.63, 3.8) is 0 Å². The molecule has 2 N–H and O–H groups in total. The summed E-state index contributed by atoms with van der Waals surface area (Å²) in [5.41, 5.74) is -0.103. The fraction of sp³-hybridized carbons (Fsp3) is 0.957. The lowest BCUT2D eigenvalue weighted by Gasteiger charge is -2.59. The van der Waals surface area contributed by atoms with Crippen LogP contribution >= 0.6 is 0 Å². The molecule has 0 spiro atoms. The van der Waals surface area contributed by atoms with E-state index < -0.39 is 11.8 Å². The molecule has 0 aromatic carbocycles. The first-order valence-electron chi connectivity index (χ1n) is 11.4. The number of carboxylic acid groups (broad SMARTS) is 1. The smallest absolute Gasteiger partial charge is 0.450 e. The normalized spacial score (nSPS) is 39.9. The van der Waals surface area contributed by atoms with E-state index in [9.17, 15) is 9.90 Å². The average molecular weight is 394 g/mol. The summed E-state index contributed by atoms with van der Waals surface area (Å²) in [6, 6.07) is 0.482. The van der Waals surface area contributed by atoms with Crippen LogP contribution in [0.25, 0.3) is 0 Å². The predicted molar refractivity (Wildman–Crippen MR) is 108 cm³/mol. The van der Waals surface area contributed by atoms with E-state index in [0.717, 1.165) is 25.8 Å². The third-order valence-electron chi connectivity index (χ3n) is 8.06. The highest BCUT2D eigenvalue weighted by atomic mass is 16.7. The molecule has 160 valence electrons. The van der Waals surface area contributed by atoms with Gasteiger partial charge < -0.3 is 19.9 Å². The molecule has 0 amide bonds. The molecule has 5 saturated carbocycles. The van der Waals surface area contributed by atoms with Gasteiger partial charge in [-0.15, -0.1) is 0 Å². The fourth-order valence-corrected chi connectivity index (χ4v) is 6.94. The van der Waals surface area contributed by atoms with E-state index in [2.05, 4.69) is 33.0 Å². The Hall–Kier alpha value is -0.810. The van der Waals surface area contributed by atoms with Crippen molar-refractivity contribution in [2.75, 3.05) is 6.54 Å². The van der Waals surface area contributed by atoms with Gasteiger partial charge in [0, 0.05) is 12.6 Å². The van der Waals surface area contributed by atoms with Crippen molar-refractivity contribution in [1.82, 2.24) is 5.32 Å². The third kappa shape index (κ3) is 4.35. The molecule has 0 heterocycles. The van der Waals surface area contributed by atoms with Gasteiger partial charge in [-0.1, -0.05) is 13.8 Å². The van der Waals surface area contributed by atoms with E-state index in [4.69, 9.17) is 9.47 Å².